The highest BCUT2D eigenvalue weighted by Gasteiger charge is 2.34. The number of aromatic nitrogens is 1. The quantitative estimate of drug-likeness (QED) is 0.936. The lowest BCUT2D eigenvalue weighted by Crippen LogP contribution is -2.13. The Balaban J connectivity index is 2.08. The fourth-order valence-electron chi connectivity index (χ4n) is 1.66. The number of aliphatic hydroxyl groups excluding tert-OH is 1. The number of hydrogen-bond acceptors (Lipinski definition) is 3. The molecule has 1 N–H and O–H groups in total. The number of nitrogens with zero attached hydrogens (tertiary/aromatic N) is 1. The topological polar surface area (TPSA) is 42.4 Å². The first kappa shape index (κ1) is 14.3. The number of para-hydroxylation sites is 1. The van der Waals surface area contributed by atoms with Gasteiger partial charge in [0.25, 0.3) is 0 Å². The van der Waals surface area contributed by atoms with Crippen molar-refractivity contribution >= 4 is 0 Å². The summed E-state index contributed by atoms with van der Waals surface area (Å²) in [5.74, 6) is -0.303. The van der Waals surface area contributed by atoms with Crippen LogP contribution in [0.5, 0.6) is 5.75 Å². The largest absolute Gasteiger partial charge is 0.490 e. The van der Waals surface area contributed by atoms with E-state index in [0.717, 1.165) is 6.07 Å². The van der Waals surface area contributed by atoms with Crippen molar-refractivity contribution in [2.24, 2.45) is 0 Å². The summed E-state index contributed by atoms with van der Waals surface area (Å²) in [6, 6.07) is 8.14. The van der Waals surface area contributed by atoms with Crippen molar-refractivity contribution < 1.29 is 23.0 Å². The summed E-state index contributed by atoms with van der Waals surface area (Å²) in [4.78, 5) is 3.82. The highest BCUT2D eigenvalue weighted by molar-refractivity contribution is 5.35. The summed E-state index contributed by atoms with van der Waals surface area (Å²) < 4.78 is 43.3. The first-order valence-corrected chi connectivity index (χ1v) is 5.85. The Hall–Kier alpha value is -2.08. The van der Waals surface area contributed by atoms with E-state index in [9.17, 15) is 18.3 Å². The van der Waals surface area contributed by atoms with Crippen molar-refractivity contribution in [2.75, 3.05) is 6.61 Å². The van der Waals surface area contributed by atoms with Gasteiger partial charge in [-0.15, -0.1) is 0 Å². The van der Waals surface area contributed by atoms with E-state index in [2.05, 4.69) is 4.98 Å². The van der Waals surface area contributed by atoms with Crippen LogP contribution in [-0.4, -0.2) is 16.7 Å². The smallest absolute Gasteiger partial charge is 0.419 e. The molecule has 6 heteroatoms. The van der Waals surface area contributed by atoms with Crippen molar-refractivity contribution in [3.63, 3.8) is 0 Å². The lowest BCUT2D eigenvalue weighted by molar-refractivity contribution is -0.139. The van der Waals surface area contributed by atoms with Crippen LogP contribution in [0, 0.1) is 0 Å². The van der Waals surface area contributed by atoms with Gasteiger partial charge in [-0.1, -0.05) is 18.2 Å². The molecular weight excluding hydrogens is 271 g/mol. The predicted octanol–water partition coefficient (Wildman–Crippen LogP) is 3.21. The fourth-order valence-corrected chi connectivity index (χ4v) is 1.66. The van der Waals surface area contributed by atoms with Gasteiger partial charge in [0, 0.05) is 18.0 Å². The molecule has 0 aliphatic heterocycles. The Bertz CT molecular complexity index is 558. The molecule has 0 aliphatic carbocycles. The molecule has 1 atom stereocenters. The van der Waals surface area contributed by atoms with Crippen LogP contribution < -0.4 is 4.74 Å². The van der Waals surface area contributed by atoms with E-state index in [1.165, 1.54) is 30.6 Å². The maximum absolute atomic E-state index is 12.7. The molecule has 3 nitrogen and oxygen atoms in total. The zero-order chi connectivity index (χ0) is 14.6. The average Bonchev–Trinajstić information content (AvgIpc) is 2.45. The summed E-state index contributed by atoms with van der Waals surface area (Å²) in [5, 5.41) is 9.83. The van der Waals surface area contributed by atoms with Crippen molar-refractivity contribution in [1.29, 1.82) is 0 Å². The minimum absolute atomic E-state index is 0.279. The van der Waals surface area contributed by atoms with Crippen LogP contribution in [0.2, 0.25) is 0 Å². The van der Waals surface area contributed by atoms with Gasteiger partial charge in [0.1, 0.15) is 18.5 Å². The first-order chi connectivity index (χ1) is 9.48. The standard InChI is InChI=1S/C14H12F3NO2/c15-14(16,17)11-5-1-2-6-13(11)20-9-12(19)10-4-3-7-18-8-10/h1-8,12,19H,9H2. The fraction of sp³-hybridized carbons (Fsp3) is 0.214. The van der Waals surface area contributed by atoms with Crippen LogP contribution >= 0.6 is 0 Å². The van der Waals surface area contributed by atoms with E-state index in [-0.39, 0.29) is 12.4 Å². The minimum Gasteiger partial charge on any atom is -0.490 e. The van der Waals surface area contributed by atoms with Crippen molar-refractivity contribution in [3.8, 4) is 5.75 Å². The van der Waals surface area contributed by atoms with E-state index < -0.39 is 17.8 Å². The molecule has 0 bridgehead atoms. The molecule has 1 heterocycles. The molecule has 2 aromatic rings. The molecule has 2 rings (SSSR count). The number of ether oxygens (including phenoxy) is 1. The van der Waals surface area contributed by atoms with Crippen LogP contribution in [-0.2, 0) is 6.18 Å². The third kappa shape index (κ3) is 3.48. The molecule has 106 valence electrons. The van der Waals surface area contributed by atoms with Gasteiger partial charge < -0.3 is 9.84 Å². The second-order valence-electron chi connectivity index (χ2n) is 4.11. The average molecular weight is 283 g/mol. The molecule has 0 radical (unpaired) electrons. The van der Waals surface area contributed by atoms with E-state index >= 15 is 0 Å². The first-order valence-electron chi connectivity index (χ1n) is 5.85. The minimum atomic E-state index is -4.49. The summed E-state index contributed by atoms with van der Waals surface area (Å²) in [7, 11) is 0. The monoisotopic (exact) mass is 283 g/mol. The second kappa shape index (κ2) is 5.92. The summed E-state index contributed by atoms with van der Waals surface area (Å²) in [6.45, 7) is -0.279. The van der Waals surface area contributed by atoms with Crippen molar-refractivity contribution in [1.82, 2.24) is 4.98 Å². The van der Waals surface area contributed by atoms with Gasteiger partial charge in [0.15, 0.2) is 0 Å². The van der Waals surface area contributed by atoms with E-state index in [1.807, 2.05) is 0 Å². The van der Waals surface area contributed by atoms with Crippen LogP contribution in [0.15, 0.2) is 48.8 Å². The molecule has 1 aromatic heterocycles. The van der Waals surface area contributed by atoms with Crippen LogP contribution in [0.25, 0.3) is 0 Å². The molecule has 0 spiro atoms. The van der Waals surface area contributed by atoms with E-state index in [0.29, 0.717) is 5.56 Å². The van der Waals surface area contributed by atoms with Gasteiger partial charge in [0.2, 0.25) is 0 Å². The lowest BCUT2D eigenvalue weighted by atomic mass is 10.1. The van der Waals surface area contributed by atoms with Crippen molar-refractivity contribution in [3.05, 3.63) is 59.9 Å². The van der Waals surface area contributed by atoms with Crippen LogP contribution in [0.3, 0.4) is 0 Å². The number of alkyl halides is 3. The zero-order valence-electron chi connectivity index (χ0n) is 10.3. The maximum atomic E-state index is 12.7. The molecule has 0 saturated heterocycles. The molecule has 20 heavy (non-hydrogen) atoms. The van der Waals surface area contributed by atoms with Gasteiger partial charge in [-0.05, 0) is 18.2 Å². The number of aliphatic hydroxyl groups is 1. The van der Waals surface area contributed by atoms with Gasteiger partial charge in [-0.2, -0.15) is 13.2 Å². The molecule has 0 aliphatic rings. The second-order valence-corrected chi connectivity index (χ2v) is 4.11. The zero-order valence-corrected chi connectivity index (χ0v) is 10.3. The molecular formula is C14H12F3NO2. The number of pyridine rings is 1. The molecule has 0 fully saturated rings. The lowest BCUT2D eigenvalue weighted by Gasteiger charge is -2.16. The van der Waals surface area contributed by atoms with E-state index in [1.54, 1.807) is 12.1 Å². The highest BCUT2D eigenvalue weighted by Crippen LogP contribution is 2.36. The maximum Gasteiger partial charge on any atom is 0.419 e. The molecule has 1 aromatic carbocycles. The Labute approximate surface area is 113 Å². The van der Waals surface area contributed by atoms with Crippen LogP contribution in [0.1, 0.15) is 17.2 Å². The third-order valence-electron chi connectivity index (χ3n) is 2.66. The Kier molecular flexibility index (Phi) is 4.24. The van der Waals surface area contributed by atoms with Gasteiger partial charge in [-0.3, -0.25) is 4.98 Å². The SMILES string of the molecule is OC(COc1ccccc1C(F)(F)F)c1cccnc1. The van der Waals surface area contributed by atoms with Gasteiger partial charge in [0.05, 0.1) is 5.56 Å². The Morgan fingerprint density at radius 1 is 1.15 bits per heavy atom. The number of rotatable bonds is 4. The molecule has 1 unspecified atom stereocenters. The van der Waals surface area contributed by atoms with Gasteiger partial charge >= 0.3 is 6.18 Å². The van der Waals surface area contributed by atoms with Crippen molar-refractivity contribution in [2.45, 2.75) is 12.3 Å². The Morgan fingerprint density at radius 2 is 1.90 bits per heavy atom. The van der Waals surface area contributed by atoms with Crippen LogP contribution in [0.4, 0.5) is 13.2 Å². The summed E-state index contributed by atoms with van der Waals surface area (Å²) in [5.41, 5.74) is -0.379. The van der Waals surface area contributed by atoms with E-state index in [4.69, 9.17) is 4.74 Å². The molecule has 0 amide bonds. The highest BCUT2D eigenvalue weighted by atomic mass is 19.4. The summed E-state index contributed by atoms with van der Waals surface area (Å²) >= 11 is 0. The number of halogens is 3. The third-order valence-corrected chi connectivity index (χ3v) is 2.66. The number of benzene rings is 1. The molecule has 0 saturated carbocycles. The summed E-state index contributed by atoms with van der Waals surface area (Å²) in [6.07, 6.45) is -2.56. The predicted molar refractivity (Wildman–Crippen MR) is 66.1 cm³/mol. The number of hydrogen-bond donors (Lipinski definition) is 1. The van der Waals surface area contributed by atoms with Gasteiger partial charge in [-0.25, -0.2) is 0 Å². The Morgan fingerprint density at radius 3 is 2.55 bits per heavy atom. The normalized spacial score (nSPS) is 13.0.